The number of benzene rings is 2. The third-order valence-electron chi connectivity index (χ3n) is 3.91. The van der Waals surface area contributed by atoms with Gasteiger partial charge >= 0.3 is 12.3 Å². The Balaban J connectivity index is 1.67. The van der Waals surface area contributed by atoms with Gasteiger partial charge in [0.15, 0.2) is 5.69 Å². The zero-order valence-electron chi connectivity index (χ0n) is 16.0. The molecule has 0 aliphatic rings. The average Bonchev–Trinajstić information content (AvgIpc) is 3.08. The number of rotatable bonds is 8. The number of alkyl halides is 3. The fourth-order valence-electron chi connectivity index (χ4n) is 2.43. The van der Waals surface area contributed by atoms with Crippen LogP contribution in [0.25, 0.3) is 11.5 Å². The first-order valence-corrected chi connectivity index (χ1v) is 9.17. The van der Waals surface area contributed by atoms with Crippen molar-refractivity contribution in [1.29, 1.82) is 0 Å². The topological polar surface area (TPSA) is 77.1 Å². The van der Waals surface area contributed by atoms with Crippen molar-refractivity contribution >= 4 is 11.9 Å². The van der Waals surface area contributed by atoms with Crippen LogP contribution in [-0.2, 0) is 0 Å². The molecule has 0 aliphatic heterocycles. The van der Waals surface area contributed by atoms with Gasteiger partial charge in [-0.15, -0.1) is 13.2 Å². The summed E-state index contributed by atoms with van der Waals surface area (Å²) in [4.78, 5) is 8.26. The van der Waals surface area contributed by atoms with Gasteiger partial charge in [-0.2, -0.15) is 0 Å². The van der Waals surface area contributed by atoms with E-state index in [1.54, 1.807) is 24.3 Å². The number of aliphatic imine (C=N–C) groups is 1. The van der Waals surface area contributed by atoms with E-state index >= 15 is 0 Å². The van der Waals surface area contributed by atoms with Gasteiger partial charge in [0.2, 0.25) is 5.89 Å². The number of oxazole rings is 1. The van der Waals surface area contributed by atoms with E-state index in [1.165, 1.54) is 18.3 Å². The molecule has 1 aromatic heterocycles. The van der Waals surface area contributed by atoms with Gasteiger partial charge in [0.05, 0.1) is 18.5 Å². The van der Waals surface area contributed by atoms with Crippen LogP contribution < -0.4 is 9.47 Å². The molecule has 0 amide bonds. The van der Waals surface area contributed by atoms with Crippen molar-refractivity contribution in [2.45, 2.75) is 26.1 Å². The summed E-state index contributed by atoms with van der Waals surface area (Å²) in [6.07, 6.45) is -1.49. The van der Waals surface area contributed by atoms with Gasteiger partial charge in [0.25, 0.3) is 0 Å². The van der Waals surface area contributed by atoms with Gasteiger partial charge in [0.1, 0.15) is 11.5 Å². The SMILES string of the molecule is CCCCOc1ccc(-c2nc(C=Nc3ccc(OC(F)(F)F)cc3)c(O)o2)cc1. The Morgan fingerprint density at radius 2 is 1.73 bits per heavy atom. The number of aromatic hydroxyl groups is 1. The number of unbranched alkanes of at least 4 members (excludes halogenated alkanes) is 1. The van der Waals surface area contributed by atoms with E-state index in [2.05, 4.69) is 21.6 Å². The maximum atomic E-state index is 12.2. The molecule has 0 radical (unpaired) electrons. The van der Waals surface area contributed by atoms with Crippen molar-refractivity contribution in [2.24, 2.45) is 4.99 Å². The van der Waals surface area contributed by atoms with Crippen molar-refractivity contribution in [3.8, 4) is 28.9 Å². The first-order chi connectivity index (χ1) is 14.3. The van der Waals surface area contributed by atoms with Gasteiger partial charge in [-0.3, -0.25) is 4.99 Å². The van der Waals surface area contributed by atoms with Gasteiger partial charge in [-0.1, -0.05) is 13.3 Å². The van der Waals surface area contributed by atoms with Crippen molar-refractivity contribution in [2.75, 3.05) is 6.61 Å². The van der Waals surface area contributed by atoms with Gasteiger partial charge in [0, 0.05) is 5.56 Å². The summed E-state index contributed by atoms with van der Waals surface area (Å²) in [7, 11) is 0. The molecule has 3 aromatic rings. The molecule has 1 heterocycles. The molecule has 9 heteroatoms. The Kier molecular flexibility index (Phi) is 6.61. The van der Waals surface area contributed by atoms with Crippen LogP contribution in [-0.4, -0.2) is 29.3 Å². The van der Waals surface area contributed by atoms with E-state index in [-0.39, 0.29) is 17.3 Å². The average molecular weight is 420 g/mol. The van der Waals surface area contributed by atoms with Crippen LogP contribution in [0.3, 0.4) is 0 Å². The molecular formula is C21H19F3N2O4. The van der Waals surface area contributed by atoms with Gasteiger partial charge < -0.3 is 19.0 Å². The number of ether oxygens (including phenoxy) is 2. The molecule has 6 nitrogen and oxygen atoms in total. The quantitative estimate of drug-likeness (QED) is 0.364. The number of hydrogen-bond donors (Lipinski definition) is 1. The van der Waals surface area contributed by atoms with Gasteiger partial charge in [-0.05, 0) is 55.0 Å². The minimum atomic E-state index is -4.76. The second-order valence-corrected chi connectivity index (χ2v) is 6.24. The van der Waals surface area contributed by atoms with Crippen molar-refractivity contribution < 1.29 is 32.2 Å². The Bertz CT molecular complexity index is 981. The molecule has 0 fully saturated rings. The lowest BCUT2D eigenvalue weighted by Crippen LogP contribution is -2.16. The third kappa shape index (κ3) is 6.00. The zero-order valence-corrected chi connectivity index (χ0v) is 16.0. The summed E-state index contributed by atoms with van der Waals surface area (Å²) >= 11 is 0. The lowest BCUT2D eigenvalue weighted by Gasteiger charge is -2.08. The van der Waals surface area contributed by atoms with E-state index in [0.29, 0.717) is 17.9 Å². The maximum absolute atomic E-state index is 12.2. The van der Waals surface area contributed by atoms with Crippen molar-refractivity contribution in [3.63, 3.8) is 0 Å². The summed E-state index contributed by atoms with van der Waals surface area (Å²) in [6, 6.07) is 12.0. The van der Waals surface area contributed by atoms with E-state index in [9.17, 15) is 18.3 Å². The lowest BCUT2D eigenvalue weighted by atomic mass is 10.2. The van der Waals surface area contributed by atoms with Crippen LogP contribution in [0.2, 0.25) is 0 Å². The highest BCUT2D eigenvalue weighted by Gasteiger charge is 2.30. The van der Waals surface area contributed by atoms with Crippen LogP contribution in [0.1, 0.15) is 25.5 Å². The Hall–Kier alpha value is -3.49. The maximum Gasteiger partial charge on any atom is 0.573 e. The molecule has 3 rings (SSSR count). The second-order valence-electron chi connectivity index (χ2n) is 6.24. The summed E-state index contributed by atoms with van der Waals surface area (Å²) in [5.41, 5.74) is 1.08. The summed E-state index contributed by atoms with van der Waals surface area (Å²) in [5.74, 6) is 0.148. The fraction of sp³-hybridized carbons (Fsp3) is 0.238. The number of hydrogen-bond acceptors (Lipinski definition) is 6. The molecule has 0 saturated heterocycles. The van der Waals surface area contributed by atoms with E-state index in [4.69, 9.17) is 9.15 Å². The summed E-state index contributed by atoms with van der Waals surface area (Å²) in [5, 5.41) is 9.95. The minimum Gasteiger partial charge on any atom is -0.494 e. The zero-order chi connectivity index (χ0) is 21.6. The van der Waals surface area contributed by atoms with Gasteiger partial charge in [-0.25, -0.2) is 4.98 Å². The van der Waals surface area contributed by atoms with E-state index < -0.39 is 12.3 Å². The molecule has 0 aliphatic carbocycles. The lowest BCUT2D eigenvalue weighted by molar-refractivity contribution is -0.274. The van der Waals surface area contributed by atoms with Crippen LogP contribution in [0.4, 0.5) is 18.9 Å². The molecule has 0 atom stereocenters. The first-order valence-electron chi connectivity index (χ1n) is 9.17. The van der Waals surface area contributed by atoms with E-state index in [1.807, 2.05) is 0 Å². The molecular weight excluding hydrogens is 401 g/mol. The number of halogens is 3. The first kappa shape index (κ1) is 21.2. The molecule has 158 valence electrons. The molecule has 30 heavy (non-hydrogen) atoms. The molecule has 1 N–H and O–H groups in total. The van der Waals surface area contributed by atoms with Crippen LogP contribution in [0, 0.1) is 0 Å². The summed E-state index contributed by atoms with van der Waals surface area (Å²) in [6.45, 7) is 2.72. The van der Waals surface area contributed by atoms with E-state index in [0.717, 1.165) is 30.7 Å². The fourth-order valence-corrected chi connectivity index (χ4v) is 2.43. The Labute approximate surface area is 170 Å². The highest BCUT2D eigenvalue weighted by atomic mass is 19.4. The highest BCUT2D eigenvalue weighted by Crippen LogP contribution is 2.28. The van der Waals surface area contributed by atoms with Crippen molar-refractivity contribution in [3.05, 3.63) is 54.2 Å². The predicted octanol–water partition coefficient (Wildman–Crippen LogP) is 5.88. The Morgan fingerprint density at radius 1 is 1.07 bits per heavy atom. The molecule has 0 unspecified atom stereocenters. The minimum absolute atomic E-state index is 0.0869. The van der Waals surface area contributed by atoms with Crippen LogP contribution in [0.5, 0.6) is 17.4 Å². The second kappa shape index (κ2) is 9.34. The highest BCUT2D eigenvalue weighted by molar-refractivity contribution is 5.83. The number of aromatic nitrogens is 1. The molecule has 2 aromatic carbocycles. The largest absolute Gasteiger partial charge is 0.573 e. The smallest absolute Gasteiger partial charge is 0.494 e. The third-order valence-corrected chi connectivity index (χ3v) is 3.91. The predicted molar refractivity (Wildman–Crippen MR) is 104 cm³/mol. The Morgan fingerprint density at radius 3 is 2.37 bits per heavy atom. The van der Waals surface area contributed by atoms with Crippen molar-refractivity contribution in [1.82, 2.24) is 4.98 Å². The standard InChI is InChI=1S/C21H19F3N2O4/c1-2-3-12-28-16-8-4-14(5-9-16)19-26-18(20(27)29-19)13-25-15-6-10-17(11-7-15)30-21(22,23)24/h4-11,13,27H,2-3,12H2,1H3. The van der Waals surface area contributed by atoms with Crippen LogP contribution >= 0.6 is 0 Å². The monoisotopic (exact) mass is 420 g/mol. The summed E-state index contributed by atoms with van der Waals surface area (Å²) < 4.78 is 51.2. The number of nitrogens with zero attached hydrogens (tertiary/aromatic N) is 2. The van der Waals surface area contributed by atoms with Crippen LogP contribution in [0.15, 0.2) is 57.9 Å². The molecule has 0 bridgehead atoms. The molecule has 0 spiro atoms. The molecule has 0 saturated carbocycles. The normalized spacial score (nSPS) is 11.7.